The fourth-order valence-corrected chi connectivity index (χ4v) is 2.36. The zero-order valence-corrected chi connectivity index (χ0v) is 13.9. The predicted octanol–water partition coefficient (Wildman–Crippen LogP) is 2.41. The smallest absolute Gasteiger partial charge is 0.326 e. The van der Waals surface area contributed by atoms with Crippen molar-refractivity contribution in [2.45, 2.75) is 32.4 Å². The molecule has 0 saturated carbocycles. The van der Waals surface area contributed by atoms with Crippen LogP contribution in [0.1, 0.15) is 20.3 Å². The fraction of sp³-hybridized carbons (Fsp3) is 0.500. The van der Waals surface area contributed by atoms with Crippen molar-refractivity contribution in [2.75, 3.05) is 12.0 Å². The van der Waals surface area contributed by atoms with Crippen molar-refractivity contribution in [3.8, 4) is 5.75 Å². The first-order chi connectivity index (χ1) is 10.5. The maximum Gasteiger partial charge on any atom is 0.326 e. The Labute approximate surface area is 135 Å². The van der Waals surface area contributed by atoms with Crippen LogP contribution in [0.5, 0.6) is 5.75 Å². The first kappa shape index (κ1) is 18.4. The van der Waals surface area contributed by atoms with Gasteiger partial charge in [-0.3, -0.25) is 4.79 Å². The molecule has 122 valence electrons. The van der Waals surface area contributed by atoms with Crippen LogP contribution in [0.2, 0.25) is 0 Å². The molecule has 0 saturated heterocycles. The first-order valence-electron chi connectivity index (χ1n) is 7.19. The van der Waals surface area contributed by atoms with Gasteiger partial charge in [-0.2, -0.15) is 11.8 Å². The molecule has 0 spiro atoms. The zero-order valence-electron chi connectivity index (χ0n) is 13.1. The summed E-state index contributed by atoms with van der Waals surface area (Å²) in [6.45, 7) is 3.73. The van der Waals surface area contributed by atoms with E-state index in [4.69, 9.17) is 4.74 Å². The van der Waals surface area contributed by atoms with Crippen molar-refractivity contribution in [2.24, 2.45) is 5.92 Å². The lowest BCUT2D eigenvalue weighted by molar-refractivity contribution is -0.143. The van der Waals surface area contributed by atoms with E-state index in [0.29, 0.717) is 17.9 Å². The quantitative estimate of drug-likeness (QED) is 0.729. The Kier molecular flexibility index (Phi) is 7.80. The number of carboxylic acids is 1. The Morgan fingerprint density at radius 1 is 1.27 bits per heavy atom. The van der Waals surface area contributed by atoms with Gasteiger partial charge in [0.2, 0.25) is 0 Å². The summed E-state index contributed by atoms with van der Waals surface area (Å²) in [4.78, 5) is 23.6. The number of thioether (sulfide) groups is 1. The minimum atomic E-state index is -1.02. The molecule has 2 atom stereocenters. The Morgan fingerprint density at radius 2 is 1.91 bits per heavy atom. The average Bonchev–Trinajstić information content (AvgIpc) is 2.49. The van der Waals surface area contributed by atoms with E-state index in [9.17, 15) is 14.7 Å². The Bertz CT molecular complexity index is 478. The molecule has 1 aromatic carbocycles. The summed E-state index contributed by atoms with van der Waals surface area (Å²) in [7, 11) is 0. The molecule has 2 N–H and O–H groups in total. The van der Waals surface area contributed by atoms with Gasteiger partial charge in [0, 0.05) is 0 Å². The number of benzene rings is 1. The molecule has 0 aliphatic carbocycles. The summed E-state index contributed by atoms with van der Waals surface area (Å²) in [5, 5.41) is 11.8. The number of carbonyl (C=O) groups excluding carboxylic acids is 1. The normalized spacial score (nSPS) is 13.5. The zero-order chi connectivity index (χ0) is 16.5. The summed E-state index contributed by atoms with van der Waals surface area (Å²) in [5.41, 5.74) is 0. The second-order valence-corrected chi connectivity index (χ2v) is 6.26. The number of carbonyl (C=O) groups is 2. The Balaban J connectivity index is 2.73. The van der Waals surface area contributed by atoms with Crippen LogP contribution >= 0.6 is 11.8 Å². The molecule has 0 heterocycles. The van der Waals surface area contributed by atoms with Gasteiger partial charge in [-0.25, -0.2) is 4.79 Å². The van der Waals surface area contributed by atoms with E-state index in [1.807, 2.05) is 38.3 Å². The van der Waals surface area contributed by atoms with Crippen molar-refractivity contribution in [3.63, 3.8) is 0 Å². The topological polar surface area (TPSA) is 75.6 Å². The molecule has 1 rings (SSSR count). The Hall–Kier alpha value is -1.69. The maximum atomic E-state index is 12.4. The number of ether oxygens (including phenoxy) is 1. The Morgan fingerprint density at radius 3 is 2.41 bits per heavy atom. The van der Waals surface area contributed by atoms with Crippen LogP contribution in [0.3, 0.4) is 0 Å². The van der Waals surface area contributed by atoms with Gasteiger partial charge in [0.1, 0.15) is 11.8 Å². The standard InChI is InChI=1S/C16H23NO4S/c1-11(2)14(21-12-7-5-4-6-8-12)15(18)17-13(16(19)20)9-10-22-3/h4-8,11,13-14H,9-10H2,1-3H3,(H,17,18)(H,19,20). The summed E-state index contributed by atoms with van der Waals surface area (Å²) >= 11 is 1.55. The van der Waals surface area contributed by atoms with Gasteiger partial charge in [0.15, 0.2) is 6.10 Å². The molecule has 0 aromatic heterocycles. The van der Waals surface area contributed by atoms with Crippen molar-refractivity contribution < 1.29 is 19.4 Å². The van der Waals surface area contributed by atoms with Gasteiger partial charge in [-0.05, 0) is 36.5 Å². The highest BCUT2D eigenvalue weighted by Gasteiger charge is 2.28. The van der Waals surface area contributed by atoms with Crippen LogP contribution in [-0.2, 0) is 9.59 Å². The van der Waals surface area contributed by atoms with Crippen molar-refractivity contribution in [3.05, 3.63) is 30.3 Å². The number of rotatable bonds is 9. The summed E-state index contributed by atoms with van der Waals surface area (Å²) in [6, 6.07) is 8.16. The van der Waals surface area contributed by atoms with Crippen molar-refractivity contribution >= 4 is 23.6 Å². The van der Waals surface area contributed by atoms with Gasteiger partial charge >= 0.3 is 5.97 Å². The molecule has 0 fully saturated rings. The predicted molar refractivity (Wildman–Crippen MR) is 88.3 cm³/mol. The molecule has 1 aromatic rings. The van der Waals surface area contributed by atoms with Crippen LogP contribution in [-0.4, -0.2) is 41.1 Å². The highest BCUT2D eigenvalue weighted by Crippen LogP contribution is 2.16. The number of para-hydroxylation sites is 1. The van der Waals surface area contributed by atoms with Crippen LogP contribution in [0, 0.1) is 5.92 Å². The number of hydrogen-bond donors (Lipinski definition) is 2. The highest BCUT2D eigenvalue weighted by molar-refractivity contribution is 7.98. The number of hydrogen-bond acceptors (Lipinski definition) is 4. The maximum absolute atomic E-state index is 12.4. The lowest BCUT2D eigenvalue weighted by Gasteiger charge is -2.24. The first-order valence-corrected chi connectivity index (χ1v) is 8.59. The number of amides is 1. The van der Waals surface area contributed by atoms with Crippen LogP contribution < -0.4 is 10.1 Å². The minimum absolute atomic E-state index is 0.0739. The molecule has 1 amide bonds. The molecule has 22 heavy (non-hydrogen) atoms. The molecule has 5 nitrogen and oxygen atoms in total. The van der Waals surface area contributed by atoms with Gasteiger partial charge in [-0.1, -0.05) is 32.0 Å². The molecule has 0 bridgehead atoms. The highest BCUT2D eigenvalue weighted by atomic mass is 32.2. The molecule has 0 aliphatic rings. The van der Waals surface area contributed by atoms with Crippen molar-refractivity contribution in [1.82, 2.24) is 5.32 Å². The third-order valence-corrected chi connectivity index (χ3v) is 3.74. The molecular weight excluding hydrogens is 302 g/mol. The molecule has 6 heteroatoms. The van der Waals surface area contributed by atoms with Gasteiger partial charge in [0.25, 0.3) is 5.91 Å². The summed E-state index contributed by atoms with van der Waals surface area (Å²) < 4.78 is 5.71. The molecule has 0 aliphatic heterocycles. The van der Waals surface area contributed by atoms with E-state index < -0.39 is 24.0 Å². The molecular formula is C16H23NO4S. The van der Waals surface area contributed by atoms with Gasteiger partial charge < -0.3 is 15.2 Å². The van der Waals surface area contributed by atoms with Gasteiger partial charge in [0.05, 0.1) is 0 Å². The largest absolute Gasteiger partial charge is 0.480 e. The van der Waals surface area contributed by atoms with E-state index in [-0.39, 0.29) is 5.92 Å². The monoisotopic (exact) mass is 325 g/mol. The lowest BCUT2D eigenvalue weighted by atomic mass is 10.1. The molecule has 2 unspecified atom stereocenters. The van der Waals surface area contributed by atoms with Crippen LogP contribution in [0.25, 0.3) is 0 Å². The van der Waals surface area contributed by atoms with E-state index in [1.165, 1.54) is 0 Å². The number of aliphatic carboxylic acids is 1. The average molecular weight is 325 g/mol. The second kappa shape index (κ2) is 9.35. The SMILES string of the molecule is CSCCC(NC(=O)C(Oc1ccccc1)C(C)C)C(=O)O. The number of nitrogens with one attached hydrogen (secondary N) is 1. The van der Waals surface area contributed by atoms with Crippen LogP contribution in [0.15, 0.2) is 30.3 Å². The molecule has 0 radical (unpaired) electrons. The van der Waals surface area contributed by atoms with E-state index in [1.54, 1.807) is 23.9 Å². The van der Waals surface area contributed by atoms with E-state index in [2.05, 4.69) is 5.32 Å². The third kappa shape index (κ3) is 5.97. The fourth-order valence-electron chi connectivity index (χ4n) is 1.88. The summed E-state index contributed by atoms with van der Waals surface area (Å²) in [5.74, 6) is -0.233. The van der Waals surface area contributed by atoms with Gasteiger partial charge in [-0.15, -0.1) is 0 Å². The second-order valence-electron chi connectivity index (χ2n) is 5.28. The van der Waals surface area contributed by atoms with Crippen LogP contribution in [0.4, 0.5) is 0 Å². The number of carboxylic acid groups (broad SMARTS) is 1. The summed E-state index contributed by atoms with van der Waals surface area (Å²) in [6.07, 6.45) is 1.56. The lowest BCUT2D eigenvalue weighted by Crippen LogP contribution is -2.49. The van der Waals surface area contributed by atoms with E-state index >= 15 is 0 Å². The minimum Gasteiger partial charge on any atom is -0.480 e. The third-order valence-electron chi connectivity index (χ3n) is 3.10. The van der Waals surface area contributed by atoms with E-state index in [0.717, 1.165) is 0 Å². The van der Waals surface area contributed by atoms with Crippen molar-refractivity contribution in [1.29, 1.82) is 0 Å².